The molecule has 4 rings (SSSR count). The molecule has 0 unspecified atom stereocenters. The summed E-state index contributed by atoms with van der Waals surface area (Å²) in [6, 6.07) is 19.9. The lowest BCUT2D eigenvalue weighted by Gasteiger charge is -2.29. The van der Waals surface area contributed by atoms with E-state index >= 15 is 0 Å². The smallest absolute Gasteiger partial charge is 0.270 e. The van der Waals surface area contributed by atoms with Crippen LogP contribution in [-0.2, 0) is 9.59 Å². The highest BCUT2D eigenvalue weighted by Gasteiger charge is 2.34. The first kappa shape index (κ1) is 19.9. The summed E-state index contributed by atoms with van der Waals surface area (Å²) in [4.78, 5) is 26.8. The zero-order valence-electron chi connectivity index (χ0n) is 15.4. The summed E-state index contributed by atoms with van der Waals surface area (Å²) in [5.74, 6) is -1.46. The van der Waals surface area contributed by atoms with Crippen molar-refractivity contribution in [1.82, 2.24) is 5.32 Å². The summed E-state index contributed by atoms with van der Waals surface area (Å²) in [7, 11) is 0. The Hall–Kier alpha value is -3.35. The van der Waals surface area contributed by atoms with Gasteiger partial charge in [0.15, 0.2) is 5.11 Å². The topological polar surface area (TPSA) is 49.4 Å². The van der Waals surface area contributed by atoms with Gasteiger partial charge in [0.05, 0.1) is 5.69 Å². The van der Waals surface area contributed by atoms with E-state index in [0.717, 1.165) is 5.56 Å². The van der Waals surface area contributed by atoms with Crippen LogP contribution in [0.15, 0.2) is 78.4 Å². The minimum absolute atomic E-state index is 0.00187. The minimum Gasteiger partial charge on any atom is -0.298 e. The van der Waals surface area contributed by atoms with Crippen molar-refractivity contribution in [3.8, 4) is 11.1 Å². The van der Waals surface area contributed by atoms with Crippen LogP contribution >= 0.6 is 23.8 Å². The van der Waals surface area contributed by atoms with Crippen molar-refractivity contribution in [3.63, 3.8) is 0 Å². The van der Waals surface area contributed by atoms with Crippen molar-refractivity contribution in [2.45, 2.75) is 0 Å². The summed E-state index contributed by atoms with van der Waals surface area (Å²) in [5, 5.41) is 3.06. The molecular weight excluding hydrogens is 423 g/mol. The van der Waals surface area contributed by atoms with E-state index in [1.54, 1.807) is 54.6 Å². The van der Waals surface area contributed by atoms with Crippen molar-refractivity contribution in [1.29, 1.82) is 0 Å². The van der Waals surface area contributed by atoms with E-state index in [0.29, 0.717) is 21.8 Å². The lowest BCUT2D eigenvalue weighted by atomic mass is 10.0. The molecule has 30 heavy (non-hydrogen) atoms. The average molecular weight is 437 g/mol. The van der Waals surface area contributed by atoms with Gasteiger partial charge in [-0.25, -0.2) is 4.39 Å². The molecule has 0 saturated carbocycles. The summed E-state index contributed by atoms with van der Waals surface area (Å²) < 4.78 is 13.6. The maximum atomic E-state index is 13.6. The number of rotatable bonds is 3. The molecule has 3 aromatic rings. The molecule has 7 heteroatoms. The van der Waals surface area contributed by atoms with Gasteiger partial charge in [-0.2, -0.15) is 0 Å². The molecule has 1 saturated heterocycles. The molecule has 1 N–H and O–H groups in total. The normalized spacial score (nSPS) is 15.5. The van der Waals surface area contributed by atoms with Crippen LogP contribution in [0.4, 0.5) is 10.1 Å². The quantitative estimate of drug-likeness (QED) is 0.358. The predicted molar refractivity (Wildman–Crippen MR) is 119 cm³/mol. The van der Waals surface area contributed by atoms with Crippen LogP contribution < -0.4 is 10.2 Å². The Bertz CT molecular complexity index is 1210. The number of benzene rings is 3. The zero-order valence-corrected chi connectivity index (χ0v) is 17.0. The van der Waals surface area contributed by atoms with E-state index in [4.69, 9.17) is 23.8 Å². The summed E-state index contributed by atoms with van der Waals surface area (Å²) >= 11 is 11.1. The number of hydrogen-bond donors (Lipinski definition) is 1. The standard InChI is InChI=1S/C23H14ClFN2O2S/c24-17-7-9-19(10-8-17)27-22(29)20(21(28)26-23(27)30)12-14-3-1-4-15(11-14)16-5-2-6-18(25)13-16/h1-13H,(H,26,28,30). The fourth-order valence-electron chi connectivity index (χ4n) is 3.12. The van der Waals surface area contributed by atoms with Crippen molar-refractivity contribution in [2.24, 2.45) is 0 Å². The van der Waals surface area contributed by atoms with Gasteiger partial charge in [0, 0.05) is 5.02 Å². The van der Waals surface area contributed by atoms with Gasteiger partial charge < -0.3 is 0 Å². The Morgan fingerprint density at radius 1 is 0.933 bits per heavy atom. The molecule has 2 amide bonds. The number of nitrogens with zero attached hydrogens (tertiary/aromatic N) is 1. The maximum Gasteiger partial charge on any atom is 0.270 e. The van der Waals surface area contributed by atoms with Crippen LogP contribution in [0.5, 0.6) is 0 Å². The van der Waals surface area contributed by atoms with Crippen LogP contribution in [0, 0.1) is 5.82 Å². The third-order valence-electron chi connectivity index (χ3n) is 4.54. The Kier molecular flexibility index (Phi) is 5.44. The van der Waals surface area contributed by atoms with Gasteiger partial charge in [0.1, 0.15) is 11.4 Å². The Morgan fingerprint density at radius 3 is 2.30 bits per heavy atom. The Labute approximate surface area is 182 Å². The van der Waals surface area contributed by atoms with E-state index in [2.05, 4.69) is 5.32 Å². The first-order valence-electron chi connectivity index (χ1n) is 8.95. The van der Waals surface area contributed by atoms with Crippen molar-refractivity contribution >= 4 is 52.5 Å². The number of carbonyl (C=O) groups is 2. The molecule has 1 heterocycles. The first-order chi connectivity index (χ1) is 14.4. The summed E-state index contributed by atoms with van der Waals surface area (Å²) in [5.41, 5.74) is 2.51. The predicted octanol–water partition coefficient (Wildman–Crippen LogP) is 4.98. The second kappa shape index (κ2) is 8.18. The molecule has 0 spiro atoms. The molecule has 148 valence electrons. The van der Waals surface area contributed by atoms with Crippen molar-refractivity contribution in [3.05, 3.63) is 94.8 Å². The molecule has 4 nitrogen and oxygen atoms in total. The van der Waals surface area contributed by atoms with Gasteiger partial charge in [-0.15, -0.1) is 0 Å². The lowest BCUT2D eigenvalue weighted by Crippen LogP contribution is -2.54. The highest BCUT2D eigenvalue weighted by Crippen LogP contribution is 2.25. The molecule has 1 fully saturated rings. The Balaban J connectivity index is 1.71. The van der Waals surface area contributed by atoms with Gasteiger partial charge in [0.25, 0.3) is 11.8 Å². The molecule has 1 aliphatic rings. The number of halogens is 2. The molecule has 0 aliphatic carbocycles. The van der Waals surface area contributed by atoms with Gasteiger partial charge in [-0.1, -0.05) is 41.9 Å². The van der Waals surface area contributed by atoms with Crippen molar-refractivity contribution in [2.75, 3.05) is 4.90 Å². The molecule has 0 aromatic heterocycles. The minimum atomic E-state index is -0.577. The van der Waals surface area contributed by atoms with Gasteiger partial charge in [-0.3, -0.25) is 19.8 Å². The molecule has 0 atom stereocenters. The third-order valence-corrected chi connectivity index (χ3v) is 5.08. The number of thiocarbonyl (C=S) groups is 1. The van der Waals surface area contributed by atoms with E-state index in [1.165, 1.54) is 23.1 Å². The SMILES string of the molecule is O=C1NC(=S)N(c2ccc(Cl)cc2)C(=O)C1=Cc1cccc(-c2cccc(F)c2)c1. The van der Waals surface area contributed by atoms with Crippen LogP contribution in [-0.4, -0.2) is 16.9 Å². The highest BCUT2D eigenvalue weighted by atomic mass is 35.5. The maximum absolute atomic E-state index is 13.6. The molecule has 3 aromatic carbocycles. The Morgan fingerprint density at radius 2 is 1.60 bits per heavy atom. The van der Waals surface area contributed by atoms with Crippen LogP contribution in [0.2, 0.25) is 5.02 Å². The second-order valence-corrected chi connectivity index (χ2v) is 7.39. The van der Waals surface area contributed by atoms with E-state index in [1.807, 2.05) is 6.07 Å². The van der Waals surface area contributed by atoms with Crippen LogP contribution in [0.1, 0.15) is 5.56 Å². The highest BCUT2D eigenvalue weighted by molar-refractivity contribution is 7.80. The van der Waals surface area contributed by atoms with E-state index in [-0.39, 0.29) is 16.5 Å². The van der Waals surface area contributed by atoms with Gasteiger partial charge >= 0.3 is 0 Å². The van der Waals surface area contributed by atoms with E-state index in [9.17, 15) is 14.0 Å². The summed E-state index contributed by atoms with van der Waals surface area (Å²) in [6.07, 6.45) is 1.49. The zero-order chi connectivity index (χ0) is 21.3. The number of anilines is 1. The number of hydrogen-bond acceptors (Lipinski definition) is 3. The van der Waals surface area contributed by atoms with Crippen LogP contribution in [0.25, 0.3) is 17.2 Å². The largest absolute Gasteiger partial charge is 0.298 e. The van der Waals surface area contributed by atoms with Gasteiger partial charge in [0.2, 0.25) is 0 Å². The van der Waals surface area contributed by atoms with E-state index < -0.39 is 11.8 Å². The third kappa shape index (κ3) is 4.01. The molecule has 1 aliphatic heterocycles. The molecule has 0 radical (unpaired) electrons. The average Bonchev–Trinajstić information content (AvgIpc) is 2.73. The lowest BCUT2D eigenvalue weighted by molar-refractivity contribution is -0.122. The summed E-state index contributed by atoms with van der Waals surface area (Å²) in [6.45, 7) is 0. The number of carbonyl (C=O) groups excluding carboxylic acids is 2. The van der Waals surface area contributed by atoms with Crippen molar-refractivity contribution < 1.29 is 14.0 Å². The number of amides is 2. The molecular formula is C23H14ClFN2O2S. The fraction of sp³-hybridized carbons (Fsp3) is 0. The fourth-order valence-corrected chi connectivity index (χ4v) is 3.53. The second-order valence-electron chi connectivity index (χ2n) is 6.57. The molecule has 0 bridgehead atoms. The number of nitrogens with one attached hydrogen (secondary N) is 1. The first-order valence-corrected chi connectivity index (χ1v) is 9.74. The monoisotopic (exact) mass is 436 g/mol. The van der Waals surface area contributed by atoms with Gasteiger partial charge in [-0.05, 0) is 77.4 Å². The van der Waals surface area contributed by atoms with Crippen LogP contribution in [0.3, 0.4) is 0 Å².